The number of hydrogen-bond acceptors (Lipinski definition) is 7. The Morgan fingerprint density at radius 3 is 2.31 bits per heavy atom. The van der Waals surface area contributed by atoms with Gasteiger partial charge in [0.25, 0.3) is 0 Å². The van der Waals surface area contributed by atoms with Gasteiger partial charge in [0.05, 0.1) is 18.1 Å². The van der Waals surface area contributed by atoms with Gasteiger partial charge in [0, 0.05) is 36.9 Å². The summed E-state index contributed by atoms with van der Waals surface area (Å²) >= 11 is 0. The van der Waals surface area contributed by atoms with Crippen LogP contribution in [-0.2, 0) is 32.3 Å². The molecule has 0 aliphatic heterocycles. The van der Waals surface area contributed by atoms with Crippen LogP contribution in [0.3, 0.4) is 0 Å². The SMILES string of the molecule is CS(=O)(=O)c1cc(NC2CC2)cc(OCCCCCCc2cccc(OCCCC(=O)O)c2CCC(=O)O)c1. The van der Waals surface area contributed by atoms with Crippen molar-refractivity contribution < 1.29 is 37.7 Å². The lowest BCUT2D eigenvalue weighted by atomic mass is 9.97. The summed E-state index contributed by atoms with van der Waals surface area (Å²) in [5.41, 5.74) is 2.69. The summed E-state index contributed by atoms with van der Waals surface area (Å²) in [6.07, 6.45) is 8.57. The van der Waals surface area contributed by atoms with Gasteiger partial charge in [0.15, 0.2) is 9.84 Å². The van der Waals surface area contributed by atoms with Crippen molar-refractivity contribution >= 4 is 27.5 Å². The van der Waals surface area contributed by atoms with Crippen molar-refractivity contribution in [3.8, 4) is 11.5 Å². The van der Waals surface area contributed by atoms with Gasteiger partial charge in [-0.15, -0.1) is 0 Å². The van der Waals surface area contributed by atoms with Gasteiger partial charge in [0.1, 0.15) is 11.5 Å². The van der Waals surface area contributed by atoms with Crippen molar-refractivity contribution in [2.45, 2.75) is 81.6 Å². The normalized spacial score (nSPS) is 13.2. The maximum absolute atomic E-state index is 12.1. The van der Waals surface area contributed by atoms with Gasteiger partial charge in [-0.3, -0.25) is 9.59 Å². The van der Waals surface area contributed by atoms with Crippen LogP contribution in [-0.4, -0.2) is 56.1 Å². The van der Waals surface area contributed by atoms with Gasteiger partial charge < -0.3 is 25.0 Å². The molecule has 0 amide bonds. The van der Waals surface area contributed by atoms with E-state index in [2.05, 4.69) is 5.32 Å². The zero-order valence-corrected chi connectivity index (χ0v) is 23.3. The van der Waals surface area contributed by atoms with Gasteiger partial charge in [-0.25, -0.2) is 8.42 Å². The number of anilines is 1. The molecule has 9 nitrogen and oxygen atoms in total. The van der Waals surface area contributed by atoms with E-state index in [0.29, 0.717) is 37.0 Å². The number of carbonyl (C=O) groups is 2. The molecule has 1 fully saturated rings. The van der Waals surface area contributed by atoms with E-state index in [4.69, 9.17) is 14.6 Å². The van der Waals surface area contributed by atoms with Gasteiger partial charge >= 0.3 is 11.9 Å². The Kier molecular flexibility index (Phi) is 11.5. The summed E-state index contributed by atoms with van der Waals surface area (Å²) in [7, 11) is -3.34. The summed E-state index contributed by atoms with van der Waals surface area (Å²) < 4.78 is 35.8. The van der Waals surface area contributed by atoms with E-state index in [1.165, 1.54) is 6.26 Å². The van der Waals surface area contributed by atoms with Crippen molar-refractivity contribution in [1.29, 1.82) is 0 Å². The van der Waals surface area contributed by atoms with Crippen molar-refractivity contribution in [2.75, 3.05) is 24.8 Å². The number of aliphatic carboxylic acids is 2. The number of benzene rings is 2. The van der Waals surface area contributed by atoms with Crippen LogP contribution in [0.4, 0.5) is 5.69 Å². The molecule has 10 heteroatoms. The fraction of sp³-hybridized carbons (Fsp3) is 0.517. The van der Waals surface area contributed by atoms with Crippen LogP contribution in [0.1, 0.15) is 68.9 Å². The predicted molar refractivity (Wildman–Crippen MR) is 149 cm³/mol. The quantitative estimate of drug-likeness (QED) is 0.200. The Labute approximate surface area is 230 Å². The van der Waals surface area contributed by atoms with E-state index >= 15 is 0 Å². The first kappa shape index (κ1) is 30.3. The highest BCUT2D eigenvalue weighted by atomic mass is 32.2. The monoisotopic (exact) mass is 561 g/mol. The lowest BCUT2D eigenvalue weighted by molar-refractivity contribution is -0.138. The molecule has 0 atom stereocenters. The van der Waals surface area contributed by atoms with E-state index in [-0.39, 0.29) is 24.3 Å². The van der Waals surface area contributed by atoms with Crippen molar-refractivity contribution in [2.24, 2.45) is 0 Å². The number of hydrogen-bond donors (Lipinski definition) is 3. The minimum absolute atomic E-state index is 0.00173. The molecule has 0 aromatic heterocycles. The molecule has 39 heavy (non-hydrogen) atoms. The first-order valence-corrected chi connectivity index (χ1v) is 15.4. The van der Waals surface area contributed by atoms with Crippen LogP contribution in [0.5, 0.6) is 11.5 Å². The molecule has 0 heterocycles. The highest BCUT2D eigenvalue weighted by molar-refractivity contribution is 7.90. The second kappa shape index (κ2) is 14.8. The third-order valence-corrected chi connectivity index (χ3v) is 7.57. The zero-order chi connectivity index (χ0) is 28.3. The number of rotatable bonds is 19. The van der Waals surface area contributed by atoms with E-state index < -0.39 is 21.8 Å². The summed E-state index contributed by atoms with van der Waals surface area (Å²) in [5, 5.41) is 21.3. The highest BCUT2D eigenvalue weighted by Gasteiger charge is 2.22. The van der Waals surface area contributed by atoms with Crippen LogP contribution >= 0.6 is 0 Å². The number of aryl methyl sites for hydroxylation is 1. The molecule has 0 unspecified atom stereocenters. The topological polar surface area (TPSA) is 139 Å². The van der Waals surface area contributed by atoms with Crippen LogP contribution in [0.25, 0.3) is 0 Å². The van der Waals surface area contributed by atoms with Gasteiger partial charge in [-0.1, -0.05) is 25.0 Å². The minimum Gasteiger partial charge on any atom is -0.493 e. The van der Waals surface area contributed by atoms with Crippen LogP contribution in [0, 0.1) is 0 Å². The lowest BCUT2D eigenvalue weighted by Gasteiger charge is -2.15. The molecule has 2 aromatic rings. The van der Waals surface area contributed by atoms with Gasteiger partial charge in [0.2, 0.25) is 0 Å². The highest BCUT2D eigenvalue weighted by Crippen LogP contribution is 2.30. The first-order chi connectivity index (χ1) is 18.6. The Morgan fingerprint density at radius 2 is 1.62 bits per heavy atom. The van der Waals surface area contributed by atoms with Crippen LogP contribution in [0.15, 0.2) is 41.3 Å². The second-order valence-corrected chi connectivity index (χ2v) is 12.0. The average Bonchev–Trinajstić information content (AvgIpc) is 3.68. The fourth-order valence-electron chi connectivity index (χ4n) is 4.28. The minimum atomic E-state index is -3.34. The van der Waals surface area contributed by atoms with Crippen LogP contribution in [0.2, 0.25) is 0 Å². The number of sulfone groups is 1. The standard InChI is InChI=1S/C29H39NO8S/c1-39(35,36)25-19-23(30-22-12-13-22)18-24(20-25)37-16-5-3-2-4-8-21-9-6-10-27(26(21)14-15-29(33)34)38-17-7-11-28(31)32/h6,9-10,18-20,22,30H,2-5,7-8,11-17H2,1H3,(H,31,32)(H,33,34). The van der Waals surface area contributed by atoms with E-state index in [1.807, 2.05) is 24.3 Å². The molecular formula is C29H39NO8S. The smallest absolute Gasteiger partial charge is 0.303 e. The number of unbranched alkanes of at least 4 members (excludes halogenated alkanes) is 3. The van der Waals surface area contributed by atoms with Gasteiger partial charge in [-0.2, -0.15) is 0 Å². The second-order valence-electron chi connectivity index (χ2n) is 10.0. The predicted octanol–water partition coefficient (Wildman–Crippen LogP) is 5.11. The molecule has 214 valence electrons. The molecule has 0 saturated heterocycles. The third-order valence-electron chi connectivity index (χ3n) is 6.48. The summed E-state index contributed by atoms with van der Waals surface area (Å²) in [5.74, 6) is -0.579. The number of carboxylic acid groups (broad SMARTS) is 2. The molecule has 1 saturated carbocycles. The van der Waals surface area contributed by atoms with Crippen LogP contribution < -0.4 is 14.8 Å². The summed E-state index contributed by atoms with van der Waals surface area (Å²) in [6.45, 7) is 0.751. The molecule has 1 aliphatic carbocycles. The van der Waals surface area contributed by atoms with Gasteiger partial charge in [-0.05, 0) is 74.3 Å². The van der Waals surface area contributed by atoms with E-state index in [1.54, 1.807) is 12.1 Å². The van der Waals surface area contributed by atoms with Crippen molar-refractivity contribution in [1.82, 2.24) is 0 Å². The molecule has 3 N–H and O–H groups in total. The Morgan fingerprint density at radius 1 is 0.897 bits per heavy atom. The summed E-state index contributed by atoms with van der Waals surface area (Å²) in [6, 6.07) is 11.2. The van der Waals surface area contributed by atoms with E-state index in [9.17, 15) is 23.1 Å². The zero-order valence-electron chi connectivity index (χ0n) is 22.5. The third kappa shape index (κ3) is 11.2. The molecule has 1 aliphatic rings. The average molecular weight is 562 g/mol. The molecular weight excluding hydrogens is 522 g/mol. The largest absolute Gasteiger partial charge is 0.493 e. The molecule has 0 spiro atoms. The Bertz CT molecular complexity index is 1220. The number of nitrogens with one attached hydrogen (secondary N) is 1. The summed E-state index contributed by atoms with van der Waals surface area (Å²) in [4.78, 5) is 22.2. The molecule has 2 aromatic carbocycles. The molecule has 3 rings (SSSR count). The number of carboxylic acids is 2. The number of ether oxygens (including phenoxy) is 2. The van der Waals surface area contributed by atoms with Crippen molar-refractivity contribution in [3.63, 3.8) is 0 Å². The first-order valence-electron chi connectivity index (χ1n) is 13.5. The molecule has 0 bridgehead atoms. The lowest BCUT2D eigenvalue weighted by Crippen LogP contribution is -2.07. The maximum Gasteiger partial charge on any atom is 0.303 e. The molecule has 0 radical (unpaired) electrons. The Balaban J connectivity index is 1.47. The maximum atomic E-state index is 12.1. The van der Waals surface area contributed by atoms with Crippen molar-refractivity contribution in [3.05, 3.63) is 47.5 Å². The van der Waals surface area contributed by atoms with E-state index in [0.717, 1.165) is 61.8 Å². The Hall–Kier alpha value is -3.27. The fourth-order valence-corrected chi connectivity index (χ4v) is 4.95.